The van der Waals surface area contributed by atoms with Gasteiger partial charge in [0.25, 0.3) is 0 Å². The van der Waals surface area contributed by atoms with Crippen LogP contribution in [0.3, 0.4) is 0 Å². The Hall–Kier alpha value is -0.0800. The minimum absolute atomic E-state index is 0.126. The van der Waals surface area contributed by atoms with Gasteiger partial charge in [0.15, 0.2) is 0 Å². The van der Waals surface area contributed by atoms with Crippen LogP contribution in [-0.2, 0) is 4.74 Å². The van der Waals surface area contributed by atoms with E-state index in [9.17, 15) is 0 Å². The zero-order valence-corrected chi connectivity index (χ0v) is 7.05. The van der Waals surface area contributed by atoms with Crippen LogP contribution in [-0.4, -0.2) is 23.4 Å². The maximum absolute atomic E-state index is 8.80. The highest BCUT2D eigenvalue weighted by molar-refractivity contribution is 5.05. The second-order valence-electron chi connectivity index (χ2n) is 4.02. The number of fused-ring (bicyclic) bond motifs is 1. The van der Waals surface area contributed by atoms with Crippen LogP contribution >= 0.6 is 0 Å². The van der Waals surface area contributed by atoms with Crippen molar-refractivity contribution in [2.75, 3.05) is 6.61 Å². The molecule has 0 aromatic heterocycles. The number of hydrogen-bond donors (Lipinski definition) is 1. The smallest absolute Gasteiger partial charge is 0.0970 e. The molecular formula is C9H16O2. The fourth-order valence-electron chi connectivity index (χ4n) is 2.24. The molecule has 2 heteroatoms. The van der Waals surface area contributed by atoms with E-state index < -0.39 is 0 Å². The number of ether oxygens (including phenoxy) is 1. The molecule has 1 aliphatic heterocycles. The Bertz CT molecular complexity index is 158. The van der Waals surface area contributed by atoms with Crippen LogP contribution in [0.2, 0.25) is 0 Å². The fourth-order valence-corrected chi connectivity index (χ4v) is 2.24. The molecule has 0 spiro atoms. The molecule has 64 valence electrons. The van der Waals surface area contributed by atoms with E-state index in [4.69, 9.17) is 9.84 Å². The van der Waals surface area contributed by atoms with Gasteiger partial charge in [0.1, 0.15) is 0 Å². The zero-order valence-electron chi connectivity index (χ0n) is 7.05. The first-order chi connectivity index (χ1) is 5.27. The van der Waals surface area contributed by atoms with Crippen molar-refractivity contribution in [2.45, 2.75) is 44.3 Å². The van der Waals surface area contributed by atoms with Crippen LogP contribution in [0.15, 0.2) is 0 Å². The van der Waals surface area contributed by atoms with Gasteiger partial charge in [-0.2, -0.15) is 0 Å². The second-order valence-corrected chi connectivity index (χ2v) is 4.02. The lowest BCUT2D eigenvalue weighted by Crippen LogP contribution is -2.24. The molecule has 1 N–H and O–H groups in total. The van der Waals surface area contributed by atoms with Crippen LogP contribution < -0.4 is 0 Å². The van der Waals surface area contributed by atoms with E-state index in [0.717, 1.165) is 12.3 Å². The molecule has 2 rings (SSSR count). The summed E-state index contributed by atoms with van der Waals surface area (Å²) in [7, 11) is 0. The monoisotopic (exact) mass is 156 g/mol. The van der Waals surface area contributed by atoms with Crippen molar-refractivity contribution in [3.05, 3.63) is 0 Å². The molecule has 11 heavy (non-hydrogen) atoms. The lowest BCUT2D eigenvalue weighted by molar-refractivity contribution is 0.201. The van der Waals surface area contributed by atoms with Gasteiger partial charge < -0.3 is 9.84 Å². The van der Waals surface area contributed by atoms with Crippen molar-refractivity contribution in [2.24, 2.45) is 5.92 Å². The highest BCUT2D eigenvalue weighted by atomic mass is 16.6. The molecule has 0 aromatic rings. The van der Waals surface area contributed by atoms with E-state index in [1.165, 1.54) is 19.3 Å². The first-order valence-corrected chi connectivity index (χ1v) is 4.55. The third kappa shape index (κ3) is 1.18. The summed E-state index contributed by atoms with van der Waals surface area (Å²) in [6, 6.07) is 0. The first-order valence-electron chi connectivity index (χ1n) is 4.55. The molecule has 2 nitrogen and oxygen atoms in total. The van der Waals surface area contributed by atoms with Gasteiger partial charge in [0, 0.05) is 13.0 Å². The summed E-state index contributed by atoms with van der Waals surface area (Å²) in [5.41, 5.74) is 0.126. The van der Waals surface area contributed by atoms with Crippen LogP contribution in [0.4, 0.5) is 0 Å². The predicted octanol–water partition coefficient (Wildman–Crippen LogP) is 1.33. The van der Waals surface area contributed by atoms with Gasteiger partial charge >= 0.3 is 0 Å². The third-order valence-electron chi connectivity index (χ3n) is 3.12. The second kappa shape index (κ2) is 2.46. The van der Waals surface area contributed by atoms with Gasteiger partial charge in [-0.25, -0.2) is 0 Å². The molecule has 2 aliphatic rings. The molecule has 1 saturated heterocycles. The maximum atomic E-state index is 8.80. The van der Waals surface area contributed by atoms with Crippen LogP contribution in [0.25, 0.3) is 0 Å². The number of rotatable bonds is 2. The van der Waals surface area contributed by atoms with Gasteiger partial charge in [-0.1, -0.05) is 6.92 Å². The Morgan fingerprint density at radius 1 is 1.64 bits per heavy atom. The number of epoxide rings is 1. The van der Waals surface area contributed by atoms with Crippen molar-refractivity contribution < 1.29 is 9.84 Å². The Kier molecular flexibility index (Phi) is 1.69. The Morgan fingerprint density at radius 2 is 2.45 bits per heavy atom. The number of aliphatic hydroxyl groups excluding tert-OH is 1. The lowest BCUT2D eigenvalue weighted by atomic mass is 9.81. The fraction of sp³-hybridized carbons (Fsp3) is 1.00. The van der Waals surface area contributed by atoms with E-state index in [0.29, 0.717) is 6.10 Å². The largest absolute Gasteiger partial charge is 0.396 e. The summed E-state index contributed by atoms with van der Waals surface area (Å²) in [4.78, 5) is 0. The highest BCUT2D eigenvalue weighted by Gasteiger charge is 2.57. The van der Waals surface area contributed by atoms with Gasteiger partial charge in [0.2, 0.25) is 0 Å². The highest BCUT2D eigenvalue weighted by Crippen LogP contribution is 2.51. The average Bonchev–Trinajstić information content (AvgIpc) is 2.63. The van der Waals surface area contributed by atoms with Crippen LogP contribution in [0.1, 0.15) is 32.6 Å². The maximum Gasteiger partial charge on any atom is 0.0970 e. The van der Waals surface area contributed by atoms with Crippen molar-refractivity contribution in [3.63, 3.8) is 0 Å². The predicted molar refractivity (Wildman–Crippen MR) is 42.3 cm³/mol. The molecular weight excluding hydrogens is 140 g/mol. The minimum Gasteiger partial charge on any atom is -0.396 e. The Labute approximate surface area is 67.6 Å². The van der Waals surface area contributed by atoms with E-state index in [1.54, 1.807) is 0 Å². The molecule has 0 amide bonds. The van der Waals surface area contributed by atoms with E-state index in [2.05, 4.69) is 6.92 Å². The molecule has 3 atom stereocenters. The van der Waals surface area contributed by atoms with Crippen molar-refractivity contribution in [1.29, 1.82) is 0 Å². The van der Waals surface area contributed by atoms with Crippen molar-refractivity contribution >= 4 is 0 Å². The summed E-state index contributed by atoms with van der Waals surface area (Å²) >= 11 is 0. The molecule has 1 heterocycles. The first kappa shape index (κ1) is 7.56. The van der Waals surface area contributed by atoms with Gasteiger partial charge in [-0.15, -0.1) is 0 Å². The summed E-state index contributed by atoms with van der Waals surface area (Å²) in [6.07, 6.45) is 4.98. The Balaban J connectivity index is 1.92. The van der Waals surface area contributed by atoms with Gasteiger partial charge in [-0.05, 0) is 25.2 Å². The van der Waals surface area contributed by atoms with E-state index in [-0.39, 0.29) is 12.2 Å². The topological polar surface area (TPSA) is 32.8 Å². The zero-order chi connectivity index (χ0) is 7.90. The summed E-state index contributed by atoms with van der Waals surface area (Å²) in [5, 5.41) is 8.80. The molecule has 1 saturated carbocycles. The normalized spacial score (nSPS) is 48.5. The molecule has 1 unspecified atom stereocenters. The van der Waals surface area contributed by atoms with Crippen LogP contribution in [0, 0.1) is 5.92 Å². The summed E-state index contributed by atoms with van der Waals surface area (Å²) in [5.74, 6) is 0.828. The van der Waals surface area contributed by atoms with Crippen molar-refractivity contribution in [3.8, 4) is 0 Å². The van der Waals surface area contributed by atoms with E-state index in [1.807, 2.05) is 0 Å². The lowest BCUT2D eigenvalue weighted by Gasteiger charge is -2.20. The molecule has 0 bridgehead atoms. The van der Waals surface area contributed by atoms with E-state index >= 15 is 0 Å². The number of aliphatic hydroxyl groups is 1. The average molecular weight is 156 g/mol. The summed E-state index contributed by atoms with van der Waals surface area (Å²) in [6.45, 7) is 2.56. The number of hydrogen-bond acceptors (Lipinski definition) is 2. The van der Waals surface area contributed by atoms with Gasteiger partial charge in [-0.3, -0.25) is 0 Å². The summed E-state index contributed by atoms with van der Waals surface area (Å²) < 4.78 is 5.62. The van der Waals surface area contributed by atoms with Gasteiger partial charge in [0.05, 0.1) is 11.7 Å². The van der Waals surface area contributed by atoms with Crippen LogP contribution in [0.5, 0.6) is 0 Å². The third-order valence-corrected chi connectivity index (χ3v) is 3.12. The molecule has 2 fully saturated rings. The minimum atomic E-state index is 0.126. The molecule has 0 aromatic carbocycles. The Morgan fingerprint density at radius 3 is 3.09 bits per heavy atom. The SMILES string of the molecule is CC1CC[C@]2(CCO)O[C@@H]2C1. The molecule has 1 aliphatic carbocycles. The molecule has 0 radical (unpaired) electrons. The quantitative estimate of drug-likeness (QED) is 0.612. The van der Waals surface area contributed by atoms with Crippen molar-refractivity contribution in [1.82, 2.24) is 0 Å². The standard InChI is InChI=1S/C9H16O2/c1-7-2-3-9(4-5-10)8(6-7)11-9/h7-8,10H,2-6H2,1H3/t7?,8-,9-/m1/s1.